The number of aryl methyl sites for hydroxylation is 1. The predicted octanol–water partition coefficient (Wildman–Crippen LogP) is 2.00. The standard InChI is InChI=1S/C11H14F3N3O/c1-7-9(5-8(15)6-16-7)10(18)17(2)4-3-11(12,13)14/h5-6H,3-4,15H2,1-2H3. The molecule has 0 aromatic carbocycles. The molecule has 0 unspecified atom stereocenters. The third-order valence-corrected chi connectivity index (χ3v) is 2.42. The number of nitrogens with two attached hydrogens (primary N) is 1. The van der Waals surface area contributed by atoms with Crippen LogP contribution >= 0.6 is 0 Å². The van der Waals surface area contributed by atoms with Gasteiger partial charge in [-0.3, -0.25) is 9.78 Å². The molecule has 0 atom stereocenters. The Kier molecular flexibility index (Phi) is 4.15. The Labute approximate surface area is 103 Å². The van der Waals surface area contributed by atoms with Gasteiger partial charge < -0.3 is 10.6 Å². The Morgan fingerprint density at radius 3 is 2.67 bits per heavy atom. The van der Waals surface area contributed by atoms with E-state index in [0.29, 0.717) is 11.4 Å². The van der Waals surface area contributed by atoms with E-state index < -0.39 is 25.0 Å². The van der Waals surface area contributed by atoms with Crippen molar-refractivity contribution < 1.29 is 18.0 Å². The highest BCUT2D eigenvalue weighted by Gasteiger charge is 2.28. The maximum Gasteiger partial charge on any atom is 0.390 e. The van der Waals surface area contributed by atoms with Crippen molar-refractivity contribution in [3.8, 4) is 0 Å². The smallest absolute Gasteiger partial charge is 0.390 e. The molecule has 0 aliphatic carbocycles. The van der Waals surface area contributed by atoms with E-state index in [2.05, 4.69) is 4.98 Å². The number of nitrogen functional groups attached to an aromatic ring is 1. The molecule has 18 heavy (non-hydrogen) atoms. The van der Waals surface area contributed by atoms with E-state index in [1.807, 2.05) is 0 Å². The summed E-state index contributed by atoms with van der Waals surface area (Å²) in [5.41, 5.74) is 6.45. The van der Waals surface area contributed by atoms with Crippen LogP contribution in [0.2, 0.25) is 0 Å². The van der Waals surface area contributed by atoms with Gasteiger partial charge in [0.25, 0.3) is 5.91 Å². The number of carbonyl (C=O) groups is 1. The van der Waals surface area contributed by atoms with Crippen molar-refractivity contribution in [1.29, 1.82) is 0 Å². The van der Waals surface area contributed by atoms with E-state index in [1.54, 1.807) is 6.92 Å². The second-order valence-corrected chi connectivity index (χ2v) is 3.99. The van der Waals surface area contributed by atoms with Crippen molar-refractivity contribution in [3.63, 3.8) is 0 Å². The van der Waals surface area contributed by atoms with Gasteiger partial charge in [0, 0.05) is 13.6 Å². The summed E-state index contributed by atoms with van der Waals surface area (Å²) in [6.07, 6.45) is -3.93. The summed E-state index contributed by atoms with van der Waals surface area (Å²) in [5, 5.41) is 0. The van der Waals surface area contributed by atoms with Gasteiger partial charge in [-0.15, -0.1) is 0 Å². The zero-order valence-corrected chi connectivity index (χ0v) is 10.1. The van der Waals surface area contributed by atoms with Gasteiger partial charge in [0.05, 0.1) is 29.6 Å². The molecule has 4 nitrogen and oxygen atoms in total. The fraction of sp³-hybridized carbons (Fsp3) is 0.455. The number of nitrogens with zero attached hydrogens (tertiary/aromatic N) is 2. The summed E-state index contributed by atoms with van der Waals surface area (Å²) in [6.45, 7) is 1.21. The summed E-state index contributed by atoms with van der Waals surface area (Å²) < 4.78 is 36.2. The fourth-order valence-electron chi connectivity index (χ4n) is 1.37. The van der Waals surface area contributed by atoms with Crippen LogP contribution in [0.4, 0.5) is 18.9 Å². The molecular formula is C11H14F3N3O. The zero-order valence-electron chi connectivity index (χ0n) is 10.1. The number of carbonyl (C=O) groups excluding carboxylic acids is 1. The molecular weight excluding hydrogens is 247 g/mol. The van der Waals surface area contributed by atoms with Crippen LogP contribution in [0, 0.1) is 6.92 Å². The number of hydrogen-bond donors (Lipinski definition) is 1. The average molecular weight is 261 g/mol. The van der Waals surface area contributed by atoms with E-state index in [9.17, 15) is 18.0 Å². The molecule has 0 saturated heterocycles. The predicted molar refractivity (Wildman–Crippen MR) is 61.0 cm³/mol. The van der Waals surface area contributed by atoms with Gasteiger partial charge in [0.15, 0.2) is 0 Å². The first-order chi connectivity index (χ1) is 8.20. The average Bonchev–Trinajstić information content (AvgIpc) is 2.27. The van der Waals surface area contributed by atoms with Crippen LogP contribution in [0.15, 0.2) is 12.3 Å². The molecule has 1 aromatic rings. The maximum absolute atomic E-state index is 12.1. The van der Waals surface area contributed by atoms with E-state index in [1.165, 1.54) is 19.3 Å². The van der Waals surface area contributed by atoms with Crippen LogP contribution in [0.5, 0.6) is 0 Å². The van der Waals surface area contributed by atoms with E-state index in [4.69, 9.17) is 5.73 Å². The summed E-state index contributed by atoms with van der Waals surface area (Å²) in [6, 6.07) is 1.41. The molecule has 7 heteroatoms. The number of rotatable bonds is 3. The first-order valence-corrected chi connectivity index (χ1v) is 5.25. The van der Waals surface area contributed by atoms with Crippen LogP contribution in [-0.4, -0.2) is 35.6 Å². The van der Waals surface area contributed by atoms with E-state index in [0.717, 1.165) is 4.90 Å². The molecule has 0 fully saturated rings. The van der Waals surface area contributed by atoms with Gasteiger partial charge in [0.2, 0.25) is 0 Å². The third-order valence-electron chi connectivity index (χ3n) is 2.42. The van der Waals surface area contributed by atoms with Crippen LogP contribution in [0.25, 0.3) is 0 Å². The van der Waals surface area contributed by atoms with E-state index in [-0.39, 0.29) is 5.56 Å². The molecule has 1 amide bonds. The Morgan fingerprint density at radius 1 is 1.50 bits per heavy atom. The van der Waals surface area contributed by atoms with Crippen molar-refractivity contribution in [3.05, 3.63) is 23.5 Å². The first kappa shape index (κ1) is 14.3. The lowest BCUT2D eigenvalue weighted by atomic mass is 10.1. The van der Waals surface area contributed by atoms with Crippen LogP contribution in [-0.2, 0) is 0 Å². The quantitative estimate of drug-likeness (QED) is 0.905. The lowest BCUT2D eigenvalue weighted by Gasteiger charge is -2.19. The van der Waals surface area contributed by atoms with E-state index >= 15 is 0 Å². The van der Waals surface area contributed by atoms with Crippen molar-refractivity contribution in [2.75, 3.05) is 19.3 Å². The normalized spacial score (nSPS) is 11.4. The topological polar surface area (TPSA) is 59.2 Å². The number of halogens is 3. The maximum atomic E-state index is 12.1. The third kappa shape index (κ3) is 3.90. The Bertz CT molecular complexity index is 446. The number of amides is 1. The van der Waals surface area contributed by atoms with Gasteiger partial charge in [-0.2, -0.15) is 13.2 Å². The molecule has 0 spiro atoms. The van der Waals surface area contributed by atoms with Crippen molar-refractivity contribution >= 4 is 11.6 Å². The van der Waals surface area contributed by atoms with Gasteiger partial charge in [0.1, 0.15) is 0 Å². The summed E-state index contributed by atoms with van der Waals surface area (Å²) in [4.78, 5) is 16.8. The van der Waals surface area contributed by atoms with Gasteiger partial charge in [-0.1, -0.05) is 0 Å². The highest BCUT2D eigenvalue weighted by molar-refractivity contribution is 5.95. The van der Waals surface area contributed by atoms with Gasteiger partial charge in [-0.25, -0.2) is 0 Å². The van der Waals surface area contributed by atoms with Gasteiger partial charge in [-0.05, 0) is 13.0 Å². The lowest BCUT2D eigenvalue weighted by molar-refractivity contribution is -0.136. The van der Waals surface area contributed by atoms with Crippen LogP contribution < -0.4 is 5.73 Å². The SMILES string of the molecule is Cc1ncc(N)cc1C(=O)N(C)CCC(F)(F)F. The molecule has 0 radical (unpaired) electrons. The minimum absolute atomic E-state index is 0.222. The summed E-state index contributed by atoms with van der Waals surface area (Å²) >= 11 is 0. The Morgan fingerprint density at radius 2 is 2.11 bits per heavy atom. The molecule has 1 aromatic heterocycles. The largest absolute Gasteiger partial charge is 0.397 e. The summed E-state index contributed by atoms with van der Waals surface area (Å²) in [7, 11) is 1.32. The minimum Gasteiger partial charge on any atom is -0.397 e. The molecule has 1 rings (SSSR count). The second kappa shape index (κ2) is 5.24. The zero-order chi connectivity index (χ0) is 13.9. The van der Waals surface area contributed by atoms with Crippen molar-refractivity contribution in [2.24, 2.45) is 0 Å². The molecule has 1 heterocycles. The van der Waals surface area contributed by atoms with Crippen molar-refractivity contribution in [1.82, 2.24) is 9.88 Å². The van der Waals surface area contributed by atoms with Crippen LogP contribution in [0.3, 0.4) is 0 Å². The number of aromatic nitrogens is 1. The molecule has 0 aliphatic rings. The number of anilines is 1. The second-order valence-electron chi connectivity index (χ2n) is 3.99. The number of pyridine rings is 1. The Hall–Kier alpha value is -1.79. The number of alkyl halides is 3. The molecule has 0 bridgehead atoms. The molecule has 0 aliphatic heterocycles. The Balaban J connectivity index is 2.77. The number of hydrogen-bond acceptors (Lipinski definition) is 3. The fourth-order valence-corrected chi connectivity index (χ4v) is 1.37. The molecule has 100 valence electrons. The lowest BCUT2D eigenvalue weighted by Crippen LogP contribution is -2.31. The van der Waals surface area contributed by atoms with Crippen LogP contribution in [0.1, 0.15) is 22.5 Å². The highest BCUT2D eigenvalue weighted by Crippen LogP contribution is 2.20. The first-order valence-electron chi connectivity index (χ1n) is 5.25. The highest BCUT2D eigenvalue weighted by atomic mass is 19.4. The molecule has 0 saturated carbocycles. The van der Waals surface area contributed by atoms with Gasteiger partial charge >= 0.3 is 6.18 Å². The monoisotopic (exact) mass is 261 g/mol. The van der Waals surface area contributed by atoms with Crippen molar-refractivity contribution in [2.45, 2.75) is 19.5 Å². The minimum atomic E-state index is -4.28. The molecule has 2 N–H and O–H groups in total. The summed E-state index contributed by atoms with van der Waals surface area (Å²) in [5.74, 6) is -0.517.